The molecule has 0 aliphatic carbocycles. The van der Waals surface area contributed by atoms with E-state index in [9.17, 15) is 9.18 Å². The lowest BCUT2D eigenvalue weighted by atomic mass is 10.0. The van der Waals surface area contributed by atoms with Crippen LogP contribution in [0.5, 0.6) is 0 Å². The summed E-state index contributed by atoms with van der Waals surface area (Å²) in [5.41, 5.74) is 3.92. The van der Waals surface area contributed by atoms with Crippen molar-refractivity contribution in [3.63, 3.8) is 0 Å². The topological polar surface area (TPSA) is 34.9 Å². The predicted octanol–water partition coefficient (Wildman–Crippen LogP) is 3.57. The van der Waals surface area contributed by atoms with Gasteiger partial charge in [0.1, 0.15) is 11.6 Å². The van der Waals surface area contributed by atoms with Gasteiger partial charge < -0.3 is 0 Å². The average Bonchev–Trinajstić information content (AvgIpc) is 2.66. The first-order chi connectivity index (χ1) is 9.88. The van der Waals surface area contributed by atoms with Crippen molar-refractivity contribution in [3.05, 3.63) is 51.6 Å². The van der Waals surface area contributed by atoms with Crippen molar-refractivity contribution in [3.8, 4) is 0 Å². The Morgan fingerprint density at radius 3 is 2.67 bits per heavy atom. The lowest BCUT2D eigenvalue weighted by Crippen LogP contribution is -2.05. The number of Topliss-reactive ketones (excluding diaryl/α,β-unsaturated/α-hetero) is 1. The van der Waals surface area contributed by atoms with Gasteiger partial charge in [-0.1, -0.05) is 17.7 Å². The first-order valence-corrected chi connectivity index (χ1v) is 7.21. The molecule has 0 spiro atoms. The molecule has 0 unspecified atom stereocenters. The molecule has 2 aromatic rings. The molecule has 0 aliphatic heterocycles. The van der Waals surface area contributed by atoms with Crippen LogP contribution in [0, 0.1) is 19.7 Å². The van der Waals surface area contributed by atoms with Crippen LogP contribution in [0.2, 0.25) is 5.02 Å². The summed E-state index contributed by atoms with van der Waals surface area (Å²) in [6.07, 6.45) is 1.40. The van der Waals surface area contributed by atoms with Crippen LogP contribution >= 0.6 is 11.6 Å². The molecule has 1 aromatic carbocycles. The van der Waals surface area contributed by atoms with E-state index in [0.717, 1.165) is 22.5 Å². The summed E-state index contributed by atoms with van der Waals surface area (Å²) in [4.78, 5) is 12.0. The van der Waals surface area contributed by atoms with E-state index in [2.05, 4.69) is 5.10 Å². The number of halogens is 2. The van der Waals surface area contributed by atoms with Crippen LogP contribution in [0.25, 0.3) is 0 Å². The zero-order chi connectivity index (χ0) is 15.6. The Morgan fingerprint density at radius 2 is 2.10 bits per heavy atom. The molecule has 3 nitrogen and oxygen atoms in total. The SMILES string of the molecule is Cc1nn(C)c(C)c1CCC(=O)Cc1ccc(F)c(Cl)c1. The van der Waals surface area contributed by atoms with Crippen molar-refractivity contribution in [2.75, 3.05) is 0 Å². The van der Waals surface area contributed by atoms with Crippen molar-refractivity contribution >= 4 is 17.4 Å². The highest BCUT2D eigenvalue weighted by Crippen LogP contribution is 2.18. The van der Waals surface area contributed by atoms with Crippen molar-refractivity contribution in [1.29, 1.82) is 0 Å². The molecule has 0 bridgehead atoms. The van der Waals surface area contributed by atoms with E-state index in [-0.39, 0.29) is 17.2 Å². The van der Waals surface area contributed by atoms with Crippen LogP contribution in [0.3, 0.4) is 0 Å². The van der Waals surface area contributed by atoms with Gasteiger partial charge in [0.15, 0.2) is 0 Å². The highest BCUT2D eigenvalue weighted by Gasteiger charge is 2.12. The predicted molar refractivity (Wildman–Crippen MR) is 81.1 cm³/mol. The van der Waals surface area contributed by atoms with E-state index in [0.29, 0.717) is 12.8 Å². The lowest BCUT2D eigenvalue weighted by molar-refractivity contribution is -0.118. The third-order valence-electron chi connectivity index (χ3n) is 3.70. The number of benzene rings is 1. The monoisotopic (exact) mass is 308 g/mol. The average molecular weight is 309 g/mol. The molecule has 5 heteroatoms. The summed E-state index contributed by atoms with van der Waals surface area (Å²) < 4.78 is 14.9. The Labute approximate surface area is 128 Å². The number of ketones is 1. The van der Waals surface area contributed by atoms with Gasteiger partial charge in [0.2, 0.25) is 0 Å². The highest BCUT2D eigenvalue weighted by atomic mass is 35.5. The van der Waals surface area contributed by atoms with Gasteiger partial charge >= 0.3 is 0 Å². The molecule has 0 amide bonds. The third-order valence-corrected chi connectivity index (χ3v) is 3.99. The van der Waals surface area contributed by atoms with Gasteiger partial charge in [-0.05, 0) is 43.5 Å². The summed E-state index contributed by atoms with van der Waals surface area (Å²) in [5.74, 6) is -0.352. The van der Waals surface area contributed by atoms with Crippen LogP contribution in [-0.4, -0.2) is 15.6 Å². The van der Waals surface area contributed by atoms with E-state index >= 15 is 0 Å². The normalized spacial score (nSPS) is 10.9. The molecule has 0 atom stereocenters. The van der Waals surface area contributed by atoms with Crippen molar-refractivity contribution < 1.29 is 9.18 Å². The zero-order valence-corrected chi connectivity index (χ0v) is 13.2. The van der Waals surface area contributed by atoms with Crippen LogP contribution < -0.4 is 0 Å². The summed E-state index contributed by atoms with van der Waals surface area (Å²) in [6.45, 7) is 3.95. The molecule has 0 aliphatic rings. The highest BCUT2D eigenvalue weighted by molar-refractivity contribution is 6.30. The largest absolute Gasteiger partial charge is 0.299 e. The van der Waals surface area contributed by atoms with Crippen molar-refractivity contribution in [1.82, 2.24) is 9.78 Å². The summed E-state index contributed by atoms with van der Waals surface area (Å²) in [7, 11) is 1.90. The second kappa shape index (κ2) is 6.39. The van der Waals surface area contributed by atoms with Crippen molar-refractivity contribution in [2.24, 2.45) is 7.05 Å². The van der Waals surface area contributed by atoms with Gasteiger partial charge in [-0.3, -0.25) is 9.48 Å². The van der Waals surface area contributed by atoms with E-state index in [1.54, 1.807) is 6.07 Å². The van der Waals surface area contributed by atoms with Crippen molar-refractivity contribution in [2.45, 2.75) is 33.1 Å². The van der Waals surface area contributed by atoms with Crippen LogP contribution in [0.4, 0.5) is 4.39 Å². The Balaban J connectivity index is 1.97. The molecule has 1 heterocycles. The van der Waals surface area contributed by atoms with E-state index < -0.39 is 5.82 Å². The molecule has 0 saturated carbocycles. The maximum atomic E-state index is 13.1. The van der Waals surface area contributed by atoms with E-state index in [1.165, 1.54) is 12.1 Å². The molecule has 0 fully saturated rings. The number of aromatic nitrogens is 2. The number of carbonyl (C=O) groups excluding carboxylic acids is 1. The number of hydrogen-bond acceptors (Lipinski definition) is 2. The number of nitrogens with zero attached hydrogens (tertiary/aromatic N) is 2. The maximum absolute atomic E-state index is 13.1. The fourth-order valence-corrected chi connectivity index (χ4v) is 2.61. The second-order valence-corrected chi connectivity index (χ2v) is 5.64. The molecule has 0 saturated heterocycles. The Kier molecular flexibility index (Phi) is 4.78. The molecule has 0 N–H and O–H groups in total. The fraction of sp³-hybridized carbons (Fsp3) is 0.375. The van der Waals surface area contributed by atoms with Gasteiger partial charge in [0.25, 0.3) is 0 Å². The number of carbonyl (C=O) groups is 1. The van der Waals surface area contributed by atoms with E-state index in [1.807, 2.05) is 25.6 Å². The fourth-order valence-electron chi connectivity index (χ4n) is 2.41. The maximum Gasteiger partial charge on any atom is 0.141 e. The number of aryl methyl sites for hydroxylation is 2. The summed E-state index contributed by atoms with van der Waals surface area (Å²) in [6, 6.07) is 4.40. The van der Waals surface area contributed by atoms with Crippen LogP contribution in [0.15, 0.2) is 18.2 Å². The summed E-state index contributed by atoms with van der Waals surface area (Å²) in [5, 5.41) is 4.39. The standard InChI is InChI=1S/C16H18ClFN2O/c1-10-14(11(2)20(3)19-10)6-5-13(21)8-12-4-7-16(18)15(17)9-12/h4,7,9H,5-6,8H2,1-3H3. The second-order valence-electron chi connectivity index (χ2n) is 5.24. The Morgan fingerprint density at radius 1 is 1.38 bits per heavy atom. The van der Waals surface area contributed by atoms with Crippen LogP contribution in [-0.2, 0) is 24.7 Å². The molecule has 2 rings (SSSR count). The minimum Gasteiger partial charge on any atom is -0.299 e. The van der Waals surface area contributed by atoms with Gasteiger partial charge in [0.05, 0.1) is 10.7 Å². The molecule has 0 radical (unpaired) electrons. The quantitative estimate of drug-likeness (QED) is 0.846. The Hall–Kier alpha value is -1.68. The zero-order valence-electron chi connectivity index (χ0n) is 12.4. The van der Waals surface area contributed by atoms with Gasteiger partial charge in [0, 0.05) is 25.6 Å². The van der Waals surface area contributed by atoms with Gasteiger partial charge in [-0.15, -0.1) is 0 Å². The van der Waals surface area contributed by atoms with Gasteiger partial charge in [-0.25, -0.2) is 4.39 Å². The molecular formula is C16H18ClFN2O. The number of hydrogen-bond donors (Lipinski definition) is 0. The smallest absolute Gasteiger partial charge is 0.141 e. The molecule has 1 aromatic heterocycles. The Bertz CT molecular complexity index is 679. The van der Waals surface area contributed by atoms with Gasteiger partial charge in [-0.2, -0.15) is 5.10 Å². The minimum atomic E-state index is -0.463. The first kappa shape index (κ1) is 15.7. The first-order valence-electron chi connectivity index (χ1n) is 6.83. The van der Waals surface area contributed by atoms with Crippen LogP contribution in [0.1, 0.15) is 28.9 Å². The lowest BCUT2D eigenvalue weighted by Gasteiger charge is -2.04. The number of rotatable bonds is 5. The third kappa shape index (κ3) is 3.70. The molecule has 112 valence electrons. The minimum absolute atomic E-state index is 0.0549. The molecular weight excluding hydrogens is 291 g/mol. The molecule has 21 heavy (non-hydrogen) atoms. The summed E-state index contributed by atoms with van der Waals surface area (Å²) >= 11 is 5.72. The van der Waals surface area contributed by atoms with E-state index in [4.69, 9.17) is 11.6 Å².